The molecule has 0 saturated carbocycles. The van der Waals surface area contributed by atoms with Gasteiger partial charge in [-0.15, -0.1) is 0 Å². The maximum Gasteiger partial charge on any atom is 0.348 e. The molecular weight excluding hydrogens is 487 g/mol. The Labute approximate surface area is 215 Å². The highest BCUT2D eigenvalue weighted by atomic mass is 35.5. The number of nitrogens with one attached hydrogen (secondary N) is 1. The smallest absolute Gasteiger partial charge is 0.348 e. The van der Waals surface area contributed by atoms with Crippen molar-refractivity contribution in [2.45, 2.75) is 36.1 Å². The van der Waals surface area contributed by atoms with Crippen LogP contribution >= 0.6 is 11.6 Å². The van der Waals surface area contributed by atoms with Gasteiger partial charge in [-0.2, -0.15) is 8.78 Å². The molecule has 0 unspecified atom stereocenters. The molecule has 7 nitrogen and oxygen atoms in total. The summed E-state index contributed by atoms with van der Waals surface area (Å²) in [6.45, 7) is -0.625. The fourth-order valence-electron chi connectivity index (χ4n) is 4.24. The first-order valence-electron chi connectivity index (χ1n) is 10.5. The number of nitrogens with zero attached hydrogens (tertiary/aromatic N) is 2. The molecule has 1 N–H and O–H groups in total. The lowest BCUT2D eigenvalue weighted by atomic mass is 9.36. The van der Waals surface area contributed by atoms with E-state index in [-0.39, 0.29) is 17.1 Å². The van der Waals surface area contributed by atoms with Crippen LogP contribution in [0.25, 0.3) is 0 Å². The molecule has 2 aliphatic rings. The highest BCUT2D eigenvalue weighted by molar-refractivity contribution is 6.52. The lowest BCUT2D eigenvalue weighted by Gasteiger charge is -2.52. The van der Waals surface area contributed by atoms with Crippen molar-refractivity contribution in [1.29, 1.82) is 0 Å². The maximum atomic E-state index is 14.7. The molecule has 8 radical (unpaired) electrons. The summed E-state index contributed by atoms with van der Waals surface area (Å²) >= 11 is 5.72. The average molecular weight is 501 g/mol. The fraction of sp³-hybridized carbons (Fsp3) is 0.273. The highest BCUT2D eigenvalue weighted by Crippen LogP contribution is 2.44. The van der Waals surface area contributed by atoms with Crippen molar-refractivity contribution in [3.05, 3.63) is 69.7 Å². The number of rotatable bonds is 5. The molecule has 0 bridgehead atoms. The van der Waals surface area contributed by atoms with Crippen LogP contribution in [0.2, 0.25) is 10.2 Å². The van der Waals surface area contributed by atoms with Crippen LogP contribution in [-0.2, 0) is 33.4 Å². The van der Waals surface area contributed by atoms with Gasteiger partial charge in [0.05, 0.1) is 21.1 Å². The molecule has 0 aromatic heterocycles. The summed E-state index contributed by atoms with van der Waals surface area (Å²) < 4.78 is 29.4. The summed E-state index contributed by atoms with van der Waals surface area (Å²) in [7, 11) is 23.8. The van der Waals surface area contributed by atoms with E-state index < -0.39 is 58.7 Å². The van der Waals surface area contributed by atoms with Gasteiger partial charge in [-0.05, 0) is 29.3 Å². The van der Waals surface area contributed by atoms with Crippen LogP contribution in [0, 0.1) is 0 Å². The van der Waals surface area contributed by atoms with E-state index in [1.54, 1.807) is 0 Å². The van der Waals surface area contributed by atoms with Crippen LogP contribution in [0.15, 0.2) is 42.5 Å². The van der Waals surface area contributed by atoms with Crippen LogP contribution in [-0.4, -0.2) is 70.3 Å². The maximum absolute atomic E-state index is 14.7. The van der Waals surface area contributed by atoms with Crippen molar-refractivity contribution < 1.29 is 28.0 Å². The molecule has 2 aromatic rings. The zero-order valence-electron chi connectivity index (χ0n) is 18.6. The van der Waals surface area contributed by atoms with Crippen molar-refractivity contribution in [2.75, 3.05) is 0 Å². The number of hydrogen-bond acceptors (Lipinski definition) is 4. The molecule has 2 heterocycles. The predicted molar refractivity (Wildman–Crippen MR) is 128 cm³/mol. The molecule has 2 aromatic carbocycles. The van der Waals surface area contributed by atoms with Gasteiger partial charge in [0.2, 0.25) is 19.8 Å². The Morgan fingerprint density at radius 2 is 1.75 bits per heavy atom. The largest absolute Gasteiger partial charge is 0.387 e. The molecule has 174 valence electrons. The Morgan fingerprint density at radius 1 is 1.11 bits per heavy atom. The number of piperidine rings is 1. The molecular formula is C22H14B4ClF2N3O4. The molecule has 0 spiro atoms. The topological polar surface area (TPSA) is 86.8 Å². The van der Waals surface area contributed by atoms with Gasteiger partial charge >= 0.3 is 5.92 Å². The molecule has 1 fully saturated rings. The van der Waals surface area contributed by atoms with E-state index in [2.05, 4.69) is 0 Å². The summed E-state index contributed by atoms with van der Waals surface area (Å²) in [6.07, 6.45) is -0.507. The summed E-state index contributed by atoms with van der Waals surface area (Å²) in [5.41, 5.74) is -1.97. The summed E-state index contributed by atoms with van der Waals surface area (Å²) in [4.78, 5) is 51.1. The lowest BCUT2D eigenvalue weighted by molar-refractivity contribution is -0.154. The van der Waals surface area contributed by atoms with Crippen LogP contribution in [0.1, 0.15) is 33.5 Å². The Kier molecular flexibility index (Phi) is 6.35. The Bertz CT molecular complexity index is 1290. The van der Waals surface area contributed by atoms with Crippen LogP contribution < -0.4 is 5.32 Å². The first-order chi connectivity index (χ1) is 16.7. The van der Waals surface area contributed by atoms with Crippen LogP contribution in [0.4, 0.5) is 8.78 Å². The minimum atomic E-state index is -3.91. The van der Waals surface area contributed by atoms with Crippen molar-refractivity contribution in [3.8, 4) is 0 Å². The third-order valence-electron chi connectivity index (χ3n) is 6.25. The standard InChI is InChI=1S/C22H14B4ClF2N3O4/c23-20(24)8-16(33)30-18(35)22(20,25)31-10-12-7-11(1-6-15(12)17(31)34)9-32(26)19(36)21(28,29)13-2-4-14(27)5-3-13/h1-7H,8-10H2,(H,30,33,35)/t22-/m0/s1. The summed E-state index contributed by atoms with van der Waals surface area (Å²) in [5.74, 6) is -8.00. The second kappa shape index (κ2) is 8.80. The van der Waals surface area contributed by atoms with Gasteiger partial charge in [0.1, 0.15) is 7.85 Å². The first-order valence-corrected chi connectivity index (χ1v) is 10.9. The number of alkyl halides is 2. The number of carbonyl (C=O) groups excluding carboxylic acids is 4. The number of carbonyl (C=O) groups is 4. The van der Waals surface area contributed by atoms with Gasteiger partial charge in [0.25, 0.3) is 11.8 Å². The van der Waals surface area contributed by atoms with Gasteiger partial charge < -0.3 is 9.71 Å². The molecule has 4 rings (SSSR count). The van der Waals surface area contributed by atoms with E-state index in [1.165, 1.54) is 30.3 Å². The van der Waals surface area contributed by atoms with E-state index in [1.807, 2.05) is 5.32 Å². The number of hydrogen-bond donors (Lipinski definition) is 1. The number of imide groups is 1. The number of amides is 4. The minimum absolute atomic E-state index is 0.158. The second-order valence-electron chi connectivity index (χ2n) is 8.76. The van der Waals surface area contributed by atoms with Crippen molar-refractivity contribution in [3.63, 3.8) is 0 Å². The van der Waals surface area contributed by atoms with Crippen molar-refractivity contribution in [2.24, 2.45) is 0 Å². The normalized spacial score (nSPS) is 21.2. The molecule has 4 amide bonds. The Balaban J connectivity index is 1.55. The fourth-order valence-corrected chi connectivity index (χ4v) is 4.37. The van der Waals surface area contributed by atoms with Crippen LogP contribution in [0.5, 0.6) is 0 Å². The molecule has 14 heteroatoms. The Hall–Kier alpha value is -3.07. The van der Waals surface area contributed by atoms with E-state index in [0.29, 0.717) is 15.9 Å². The van der Waals surface area contributed by atoms with Gasteiger partial charge in [-0.1, -0.05) is 41.1 Å². The quantitative estimate of drug-likeness (QED) is 0.487. The van der Waals surface area contributed by atoms with Gasteiger partial charge in [-0.25, -0.2) is 0 Å². The zero-order chi connectivity index (χ0) is 26.6. The highest BCUT2D eigenvalue weighted by Gasteiger charge is 2.56. The van der Waals surface area contributed by atoms with Crippen LogP contribution in [0.3, 0.4) is 0 Å². The SMILES string of the molecule is [B]N(Cc1ccc2c(c1)CN([C@@]1([B])C(=O)NC(=O)CC1([B])[B])C2=O)C(=O)C(F)(F)c1ccc(Cl)cc1. The predicted octanol–water partition coefficient (Wildman–Crippen LogP) is 0.864. The van der Waals surface area contributed by atoms with E-state index in [9.17, 15) is 28.0 Å². The first kappa shape index (κ1) is 26.0. The third-order valence-corrected chi connectivity index (χ3v) is 6.50. The molecule has 2 aliphatic heterocycles. The third kappa shape index (κ3) is 4.13. The van der Waals surface area contributed by atoms with E-state index in [4.69, 9.17) is 43.1 Å². The monoisotopic (exact) mass is 501 g/mol. The minimum Gasteiger partial charge on any atom is -0.387 e. The molecule has 1 atom stereocenters. The second-order valence-corrected chi connectivity index (χ2v) is 9.19. The molecule has 1 saturated heterocycles. The van der Waals surface area contributed by atoms with E-state index >= 15 is 0 Å². The average Bonchev–Trinajstić information content (AvgIpc) is 3.12. The Morgan fingerprint density at radius 3 is 2.36 bits per heavy atom. The van der Waals surface area contributed by atoms with Gasteiger partial charge in [-0.3, -0.25) is 24.5 Å². The van der Waals surface area contributed by atoms with Crippen molar-refractivity contribution in [1.82, 2.24) is 15.0 Å². The number of fused-ring (bicyclic) bond motifs is 1. The number of halogens is 3. The van der Waals surface area contributed by atoms with Crippen molar-refractivity contribution >= 4 is 66.7 Å². The van der Waals surface area contributed by atoms with Gasteiger partial charge in [0, 0.05) is 35.7 Å². The lowest BCUT2D eigenvalue weighted by Crippen LogP contribution is -2.70. The van der Waals surface area contributed by atoms with E-state index in [0.717, 1.165) is 17.0 Å². The summed E-state index contributed by atoms with van der Waals surface area (Å²) in [6, 6.07) is 8.77. The molecule has 0 aliphatic carbocycles. The number of benzene rings is 2. The van der Waals surface area contributed by atoms with Gasteiger partial charge in [0.15, 0.2) is 0 Å². The summed E-state index contributed by atoms with van der Waals surface area (Å²) in [5, 5.41) is 0.208. The zero-order valence-corrected chi connectivity index (χ0v) is 19.4. The molecule has 36 heavy (non-hydrogen) atoms.